The lowest BCUT2D eigenvalue weighted by molar-refractivity contribution is -0.385. The molecule has 0 aliphatic heterocycles. The van der Waals surface area contributed by atoms with Gasteiger partial charge >= 0.3 is 0 Å². The van der Waals surface area contributed by atoms with Crippen LogP contribution in [0.15, 0.2) is 56.6 Å². The van der Waals surface area contributed by atoms with E-state index in [1.165, 1.54) is 36.0 Å². The number of aromatic nitrogens is 1. The van der Waals surface area contributed by atoms with Gasteiger partial charge in [0.05, 0.1) is 29.5 Å². The first-order valence-electron chi connectivity index (χ1n) is 8.14. The zero-order chi connectivity index (χ0) is 21.3. The molecule has 0 bridgehead atoms. The highest BCUT2D eigenvalue weighted by atomic mass is 32.2. The van der Waals surface area contributed by atoms with Crippen molar-refractivity contribution in [2.24, 2.45) is 5.73 Å². The fourth-order valence-electron chi connectivity index (χ4n) is 2.72. The highest BCUT2D eigenvalue weighted by molar-refractivity contribution is 8.01. The number of benzene rings is 1. The van der Waals surface area contributed by atoms with Crippen molar-refractivity contribution in [2.45, 2.75) is 20.9 Å². The second kappa shape index (κ2) is 7.93. The van der Waals surface area contributed by atoms with E-state index >= 15 is 0 Å². The second-order valence-corrected chi connectivity index (χ2v) is 10.1. The Balaban J connectivity index is 2.10. The van der Waals surface area contributed by atoms with Gasteiger partial charge in [-0.2, -0.15) is 0 Å². The normalized spacial score (nSPS) is 11.4. The van der Waals surface area contributed by atoms with Crippen LogP contribution in [0, 0.1) is 22.4 Å². The third-order valence-electron chi connectivity index (χ3n) is 4.10. The molecule has 0 saturated carbocycles. The predicted molar refractivity (Wildman–Crippen MR) is 114 cm³/mol. The zero-order valence-corrected chi connectivity index (χ0v) is 17.8. The molecule has 0 aliphatic carbocycles. The first-order valence-corrected chi connectivity index (χ1v) is 11.7. The number of nitrogens with zero attached hydrogens (tertiary/aromatic N) is 2. The molecule has 3 rings (SSSR count). The van der Waals surface area contributed by atoms with E-state index in [1.807, 2.05) is 0 Å². The first kappa shape index (κ1) is 21.0. The highest BCUT2D eigenvalue weighted by Gasteiger charge is 2.25. The Kier molecular flexibility index (Phi) is 5.73. The molecule has 0 radical (unpaired) electrons. The minimum atomic E-state index is -3.86. The van der Waals surface area contributed by atoms with Crippen molar-refractivity contribution in [3.63, 3.8) is 0 Å². The molecule has 0 saturated heterocycles. The third-order valence-corrected chi connectivity index (χ3v) is 8.44. The monoisotopic (exact) mass is 448 g/mol. The molecule has 0 unspecified atom stereocenters. The van der Waals surface area contributed by atoms with Crippen LogP contribution in [0.25, 0.3) is 11.3 Å². The minimum Gasteiger partial charge on any atom is -0.383 e. The summed E-state index contributed by atoms with van der Waals surface area (Å²) >= 11 is 2.43. The maximum atomic E-state index is 13.2. The second-order valence-electron chi connectivity index (χ2n) is 6.03. The Morgan fingerprint density at radius 1 is 1.31 bits per heavy atom. The molecule has 3 N–H and O–H groups in total. The number of nitro groups is 1. The number of amidine groups is 1. The van der Waals surface area contributed by atoms with Crippen LogP contribution in [0.1, 0.15) is 10.4 Å². The molecule has 3 aromatic rings. The average molecular weight is 449 g/mol. The topological polar surface area (TPSA) is 140 Å². The van der Waals surface area contributed by atoms with E-state index in [0.717, 1.165) is 17.5 Å². The number of thiophene rings is 1. The van der Waals surface area contributed by atoms with Gasteiger partial charge in [0.2, 0.25) is 9.84 Å². The van der Waals surface area contributed by atoms with E-state index in [2.05, 4.69) is 4.98 Å². The first-order chi connectivity index (χ1) is 13.6. The van der Waals surface area contributed by atoms with E-state index in [1.54, 1.807) is 25.3 Å². The fourth-order valence-corrected chi connectivity index (χ4v) is 6.62. The van der Waals surface area contributed by atoms with E-state index in [-0.39, 0.29) is 21.3 Å². The molecule has 150 valence electrons. The average Bonchev–Trinajstić information content (AvgIpc) is 3.13. The molecule has 2 heterocycles. The number of hydrogen-bond donors (Lipinski definition) is 2. The number of sulfone groups is 1. The summed E-state index contributed by atoms with van der Waals surface area (Å²) in [7, 11) is -3.86. The SMILES string of the molecule is CSc1sc(C(=N)N)cc1S(=O)(=O)c1cccc(-c2ncc([N+](=O)[O-])cc2C)c1. The molecule has 2 aromatic heterocycles. The van der Waals surface area contributed by atoms with Crippen LogP contribution in [0.5, 0.6) is 0 Å². The number of aryl methyl sites for hydroxylation is 1. The lowest BCUT2D eigenvalue weighted by Crippen LogP contribution is -2.08. The summed E-state index contributed by atoms with van der Waals surface area (Å²) in [5.74, 6) is -0.189. The standard InChI is InChI=1S/C18H16N4O4S3/c1-10-6-12(22(23)24)9-21-16(10)11-4-3-5-13(7-11)29(25,26)15-8-14(17(19)20)28-18(15)27-2/h3-9H,1-2H3,(H3,19,20). The molecular weight excluding hydrogens is 432 g/mol. The van der Waals surface area contributed by atoms with Gasteiger partial charge in [0.15, 0.2) is 0 Å². The molecule has 11 heteroatoms. The lowest BCUT2D eigenvalue weighted by Gasteiger charge is -2.09. The number of nitrogens with two attached hydrogens (primary N) is 1. The lowest BCUT2D eigenvalue weighted by atomic mass is 10.1. The van der Waals surface area contributed by atoms with Gasteiger partial charge in [0, 0.05) is 11.6 Å². The quantitative estimate of drug-likeness (QED) is 0.192. The van der Waals surface area contributed by atoms with Crippen molar-refractivity contribution >= 4 is 44.5 Å². The predicted octanol–water partition coefficient (Wildman–Crippen LogP) is 3.87. The number of rotatable bonds is 6. The van der Waals surface area contributed by atoms with Crippen molar-refractivity contribution in [3.05, 3.63) is 63.1 Å². The summed E-state index contributed by atoms with van der Waals surface area (Å²) in [5.41, 5.74) is 6.95. The maximum Gasteiger partial charge on any atom is 0.287 e. The Morgan fingerprint density at radius 3 is 2.62 bits per heavy atom. The van der Waals surface area contributed by atoms with Gasteiger partial charge in [0.1, 0.15) is 12.0 Å². The summed E-state index contributed by atoms with van der Waals surface area (Å²) in [6, 6.07) is 9.08. The number of pyridine rings is 1. The summed E-state index contributed by atoms with van der Waals surface area (Å²) in [4.78, 5) is 15.1. The summed E-state index contributed by atoms with van der Waals surface area (Å²) in [5, 5.41) is 18.5. The maximum absolute atomic E-state index is 13.2. The molecule has 0 fully saturated rings. The summed E-state index contributed by atoms with van der Waals surface area (Å²) < 4.78 is 27.0. The fraction of sp³-hybridized carbons (Fsp3) is 0.111. The number of hydrogen-bond acceptors (Lipinski definition) is 8. The molecular formula is C18H16N4O4S3. The summed E-state index contributed by atoms with van der Waals surface area (Å²) in [6.45, 7) is 1.68. The van der Waals surface area contributed by atoms with Gasteiger partial charge < -0.3 is 5.73 Å². The van der Waals surface area contributed by atoms with Crippen LogP contribution in [0.4, 0.5) is 5.69 Å². The van der Waals surface area contributed by atoms with Gasteiger partial charge in [0.25, 0.3) is 5.69 Å². The van der Waals surface area contributed by atoms with Crippen molar-refractivity contribution < 1.29 is 13.3 Å². The molecule has 8 nitrogen and oxygen atoms in total. The van der Waals surface area contributed by atoms with Gasteiger partial charge in [-0.1, -0.05) is 12.1 Å². The Morgan fingerprint density at radius 2 is 2.03 bits per heavy atom. The summed E-state index contributed by atoms with van der Waals surface area (Å²) in [6.07, 6.45) is 2.91. The van der Waals surface area contributed by atoms with Crippen LogP contribution in [-0.2, 0) is 9.84 Å². The number of thioether (sulfide) groups is 1. The van der Waals surface area contributed by atoms with Crippen molar-refractivity contribution in [2.75, 3.05) is 6.26 Å². The Labute approximate surface area is 175 Å². The van der Waals surface area contributed by atoms with Crippen LogP contribution >= 0.6 is 23.1 Å². The number of nitrogen functional groups attached to an aromatic ring is 1. The van der Waals surface area contributed by atoms with Crippen LogP contribution in [0.3, 0.4) is 0 Å². The van der Waals surface area contributed by atoms with E-state index in [4.69, 9.17) is 11.1 Å². The highest BCUT2D eigenvalue weighted by Crippen LogP contribution is 2.37. The van der Waals surface area contributed by atoms with Crippen LogP contribution in [-0.4, -0.2) is 30.4 Å². The largest absolute Gasteiger partial charge is 0.383 e. The molecule has 0 aliphatic rings. The van der Waals surface area contributed by atoms with Gasteiger partial charge in [-0.15, -0.1) is 23.1 Å². The Bertz CT molecular complexity index is 1240. The van der Waals surface area contributed by atoms with Crippen LogP contribution < -0.4 is 5.73 Å². The zero-order valence-electron chi connectivity index (χ0n) is 15.4. The van der Waals surface area contributed by atoms with Gasteiger partial charge in [-0.25, -0.2) is 13.4 Å². The van der Waals surface area contributed by atoms with Crippen molar-refractivity contribution in [1.82, 2.24) is 4.98 Å². The molecule has 0 amide bonds. The van der Waals surface area contributed by atoms with Gasteiger partial charge in [-0.05, 0) is 36.9 Å². The minimum absolute atomic E-state index is 0.0674. The molecule has 1 aromatic carbocycles. The van der Waals surface area contributed by atoms with E-state index < -0.39 is 14.8 Å². The molecule has 29 heavy (non-hydrogen) atoms. The molecule has 0 spiro atoms. The third kappa shape index (κ3) is 4.02. The van der Waals surface area contributed by atoms with Crippen molar-refractivity contribution in [3.8, 4) is 11.3 Å². The Hall–Kier alpha value is -2.76. The van der Waals surface area contributed by atoms with E-state index in [0.29, 0.717) is 25.9 Å². The number of nitrogens with one attached hydrogen (secondary N) is 1. The van der Waals surface area contributed by atoms with Crippen molar-refractivity contribution in [1.29, 1.82) is 5.41 Å². The molecule has 0 atom stereocenters. The van der Waals surface area contributed by atoms with Crippen LogP contribution in [0.2, 0.25) is 0 Å². The smallest absolute Gasteiger partial charge is 0.287 e. The van der Waals surface area contributed by atoms with Gasteiger partial charge in [-0.3, -0.25) is 15.5 Å². The van der Waals surface area contributed by atoms with E-state index in [9.17, 15) is 18.5 Å².